The molecule has 0 amide bonds. The molecule has 0 aliphatic heterocycles. The first kappa shape index (κ1) is 25.5. The van der Waals surface area contributed by atoms with Crippen LogP contribution in [0.15, 0.2) is 58.1 Å². The van der Waals surface area contributed by atoms with Crippen LogP contribution in [0.5, 0.6) is 11.6 Å². The molecule has 0 fully saturated rings. The third-order valence-electron chi connectivity index (χ3n) is 5.63. The van der Waals surface area contributed by atoms with Crippen molar-refractivity contribution in [2.75, 3.05) is 7.11 Å². The van der Waals surface area contributed by atoms with Crippen LogP contribution in [0.1, 0.15) is 36.6 Å². The van der Waals surface area contributed by atoms with Crippen molar-refractivity contribution in [2.45, 2.75) is 39.9 Å². The molecule has 4 aromatic heterocycles. The minimum Gasteiger partial charge on any atom is -0.486 e. The molecule has 0 radical (unpaired) electrons. The fraction of sp³-hybridized carbons (Fsp3) is 0.269. The van der Waals surface area contributed by atoms with Crippen molar-refractivity contribution in [3.05, 3.63) is 86.4 Å². The van der Waals surface area contributed by atoms with E-state index in [-0.39, 0.29) is 18.0 Å². The Hall–Kier alpha value is -3.63. The SMILES string of the molecule is COc1cccc(COc2c(C)c(C)n(-c3ccnc(-c4ccnc(C(C)(C)O)n4)c3)c(=O)c2Br)n1. The topological polar surface area (TPSA) is 112 Å². The number of pyridine rings is 3. The fourth-order valence-electron chi connectivity index (χ4n) is 3.62. The molecule has 0 aromatic carbocycles. The van der Waals surface area contributed by atoms with Crippen LogP contribution >= 0.6 is 15.9 Å². The molecule has 0 aliphatic carbocycles. The summed E-state index contributed by atoms with van der Waals surface area (Å²) in [6.07, 6.45) is 3.19. The maximum absolute atomic E-state index is 13.4. The van der Waals surface area contributed by atoms with Crippen molar-refractivity contribution in [3.8, 4) is 28.7 Å². The summed E-state index contributed by atoms with van der Waals surface area (Å²) in [6.45, 7) is 7.17. The average Bonchev–Trinajstić information content (AvgIpc) is 2.87. The van der Waals surface area contributed by atoms with E-state index >= 15 is 0 Å². The van der Waals surface area contributed by atoms with Gasteiger partial charge in [0.1, 0.15) is 22.4 Å². The molecule has 0 atom stereocenters. The van der Waals surface area contributed by atoms with Crippen molar-refractivity contribution in [2.24, 2.45) is 0 Å². The van der Waals surface area contributed by atoms with Gasteiger partial charge in [-0.25, -0.2) is 15.0 Å². The van der Waals surface area contributed by atoms with E-state index in [1.165, 1.54) is 0 Å². The van der Waals surface area contributed by atoms with E-state index in [9.17, 15) is 9.90 Å². The van der Waals surface area contributed by atoms with Crippen LogP contribution in [0.25, 0.3) is 17.1 Å². The quantitative estimate of drug-likeness (QED) is 0.362. The molecule has 0 bridgehead atoms. The lowest BCUT2D eigenvalue weighted by Crippen LogP contribution is -2.24. The van der Waals surface area contributed by atoms with E-state index in [2.05, 4.69) is 35.9 Å². The minimum atomic E-state index is -1.20. The molecule has 0 aliphatic rings. The summed E-state index contributed by atoms with van der Waals surface area (Å²) in [5.41, 5.74) is 2.43. The molecule has 4 rings (SSSR count). The largest absolute Gasteiger partial charge is 0.486 e. The molecule has 10 heteroatoms. The van der Waals surface area contributed by atoms with Crippen LogP contribution in [0.2, 0.25) is 0 Å². The highest BCUT2D eigenvalue weighted by Crippen LogP contribution is 2.30. The number of methoxy groups -OCH3 is 1. The molecule has 186 valence electrons. The van der Waals surface area contributed by atoms with Crippen LogP contribution in [0, 0.1) is 13.8 Å². The van der Waals surface area contributed by atoms with Gasteiger partial charge in [-0.05, 0) is 67.9 Å². The lowest BCUT2D eigenvalue weighted by molar-refractivity contribution is 0.0688. The van der Waals surface area contributed by atoms with E-state index < -0.39 is 5.60 Å². The van der Waals surface area contributed by atoms with Gasteiger partial charge in [0, 0.05) is 29.7 Å². The zero-order chi connectivity index (χ0) is 26.0. The van der Waals surface area contributed by atoms with Crippen molar-refractivity contribution in [3.63, 3.8) is 0 Å². The molecule has 36 heavy (non-hydrogen) atoms. The van der Waals surface area contributed by atoms with Gasteiger partial charge in [-0.2, -0.15) is 0 Å². The van der Waals surface area contributed by atoms with Crippen LogP contribution in [0.4, 0.5) is 0 Å². The van der Waals surface area contributed by atoms with Crippen LogP contribution in [-0.2, 0) is 12.2 Å². The zero-order valence-corrected chi connectivity index (χ0v) is 22.2. The monoisotopic (exact) mass is 551 g/mol. The maximum Gasteiger partial charge on any atom is 0.273 e. The highest BCUT2D eigenvalue weighted by atomic mass is 79.9. The normalized spacial score (nSPS) is 11.4. The molecular formula is C26H26BrN5O4. The first-order chi connectivity index (χ1) is 17.1. The Bertz CT molecular complexity index is 1480. The van der Waals surface area contributed by atoms with Crippen molar-refractivity contribution < 1.29 is 14.6 Å². The summed E-state index contributed by atoms with van der Waals surface area (Å²) in [5.74, 6) is 1.23. The Kier molecular flexibility index (Phi) is 7.18. The Labute approximate surface area is 217 Å². The van der Waals surface area contributed by atoms with Gasteiger partial charge in [-0.15, -0.1) is 0 Å². The number of hydrogen-bond donors (Lipinski definition) is 1. The molecule has 1 N–H and O–H groups in total. The Morgan fingerprint density at radius 3 is 2.53 bits per heavy atom. The molecular weight excluding hydrogens is 526 g/mol. The van der Waals surface area contributed by atoms with E-state index in [0.29, 0.717) is 44.6 Å². The van der Waals surface area contributed by atoms with Gasteiger partial charge in [-0.1, -0.05) is 6.07 Å². The second kappa shape index (κ2) is 10.2. The number of hydrogen-bond acceptors (Lipinski definition) is 8. The number of nitrogens with zero attached hydrogens (tertiary/aromatic N) is 5. The molecule has 0 spiro atoms. The Balaban J connectivity index is 1.71. The van der Waals surface area contributed by atoms with E-state index in [1.54, 1.807) is 62.2 Å². The van der Waals surface area contributed by atoms with Crippen molar-refractivity contribution in [1.82, 2.24) is 24.5 Å². The first-order valence-electron chi connectivity index (χ1n) is 11.2. The average molecular weight is 552 g/mol. The number of halogens is 1. The first-order valence-corrected chi connectivity index (χ1v) is 12.0. The highest BCUT2D eigenvalue weighted by Gasteiger charge is 2.21. The summed E-state index contributed by atoms with van der Waals surface area (Å²) >= 11 is 3.44. The van der Waals surface area contributed by atoms with Gasteiger partial charge in [0.05, 0.1) is 29.9 Å². The van der Waals surface area contributed by atoms with Gasteiger partial charge in [0.2, 0.25) is 5.88 Å². The van der Waals surface area contributed by atoms with Gasteiger partial charge in [0.25, 0.3) is 5.56 Å². The number of rotatable bonds is 7. The molecule has 4 aromatic rings. The highest BCUT2D eigenvalue weighted by molar-refractivity contribution is 9.10. The molecule has 0 saturated heterocycles. The van der Waals surface area contributed by atoms with E-state index in [0.717, 1.165) is 5.56 Å². The van der Waals surface area contributed by atoms with E-state index in [4.69, 9.17) is 9.47 Å². The van der Waals surface area contributed by atoms with Crippen LogP contribution < -0.4 is 15.0 Å². The summed E-state index contributed by atoms with van der Waals surface area (Å²) in [7, 11) is 1.55. The third kappa shape index (κ3) is 5.14. The lowest BCUT2D eigenvalue weighted by Gasteiger charge is -2.19. The van der Waals surface area contributed by atoms with Gasteiger partial charge in [-0.3, -0.25) is 14.3 Å². The van der Waals surface area contributed by atoms with E-state index in [1.807, 2.05) is 26.0 Å². The molecule has 0 unspecified atom stereocenters. The smallest absolute Gasteiger partial charge is 0.273 e. The summed E-state index contributed by atoms with van der Waals surface area (Å²) in [6, 6.07) is 10.7. The van der Waals surface area contributed by atoms with Crippen LogP contribution in [-0.4, -0.2) is 36.7 Å². The summed E-state index contributed by atoms with van der Waals surface area (Å²) in [5, 5.41) is 10.3. The predicted molar refractivity (Wildman–Crippen MR) is 138 cm³/mol. The summed E-state index contributed by atoms with van der Waals surface area (Å²) < 4.78 is 13.1. The third-order valence-corrected chi connectivity index (χ3v) is 6.33. The van der Waals surface area contributed by atoms with Gasteiger partial charge in [0.15, 0.2) is 5.82 Å². The lowest BCUT2D eigenvalue weighted by atomic mass is 10.1. The Morgan fingerprint density at radius 2 is 1.81 bits per heavy atom. The van der Waals surface area contributed by atoms with Crippen LogP contribution in [0.3, 0.4) is 0 Å². The zero-order valence-electron chi connectivity index (χ0n) is 20.6. The maximum atomic E-state index is 13.4. The molecule has 0 saturated carbocycles. The minimum absolute atomic E-state index is 0.177. The Morgan fingerprint density at radius 1 is 1.06 bits per heavy atom. The number of aliphatic hydroxyl groups is 1. The second-order valence-electron chi connectivity index (χ2n) is 8.68. The fourth-order valence-corrected chi connectivity index (χ4v) is 4.21. The van der Waals surface area contributed by atoms with Crippen molar-refractivity contribution in [1.29, 1.82) is 0 Å². The second-order valence-corrected chi connectivity index (χ2v) is 9.47. The molecule has 9 nitrogen and oxygen atoms in total. The number of ether oxygens (including phenoxy) is 2. The summed E-state index contributed by atoms with van der Waals surface area (Å²) in [4.78, 5) is 30.8. The predicted octanol–water partition coefficient (Wildman–Crippen LogP) is 4.28. The van der Waals surface area contributed by atoms with Crippen molar-refractivity contribution >= 4 is 15.9 Å². The molecule has 4 heterocycles. The number of aromatic nitrogens is 5. The van der Waals surface area contributed by atoms with Gasteiger partial charge < -0.3 is 14.6 Å². The van der Waals surface area contributed by atoms with Gasteiger partial charge >= 0.3 is 0 Å². The standard InChI is InChI=1S/C26H26BrN5O4/c1-15-16(2)32(24(33)22(27)23(15)36-14-17-7-6-8-21(30-17)35-5)18-9-11-28-20(13-18)19-10-12-29-25(31-19)26(3,4)34/h6-13,34H,14H2,1-5H3.